The number of piperidine rings is 1. The van der Waals surface area contributed by atoms with Crippen LogP contribution in [0.3, 0.4) is 0 Å². The SMILES string of the molecule is O=C1COc2nccnc2C2CCC(CC2)OCC2C(NS(=O)(=O)C(F)(F)F)CCCN12. The number of carbonyl (C=O) groups excluding carboxylic acids is 1. The van der Waals surface area contributed by atoms with Crippen molar-refractivity contribution in [2.45, 2.75) is 68.1 Å². The molecule has 2 fully saturated rings. The van der Waals surface area contributed by atoms with Crippen LogP contribution in [0.15, 0.2) is 12.4 Å². The minimum absolute atomic E-state index is 0.0600. The van der Waals surface area contributed by atoms with Gasteiger partial charge >= 0.3 is 15.5 Å². The fourth-order valence-electron chi connectivity index (χ4n) is 4.65. The Morgan fingerprint density at radius 2 is 1.81 bits per heavy atom. The van der Waals surface area contributed by atoms with Crippen molar-refractivity contribution in [2.24, 2.45) is 0 Å². The Balaban J connectivity index is 1.60. The molecule has 4 heterocycles. The molecule has 13 heteroatoms. The van der Waals surface area contributed by atoms with E-state index in [4.69, 9.17) is 9.47 Å². The molecule has 0 spiro atoms. The lowest BCUT2D eigenvalue weighted by Crippen LogP contribution is -2.60. The normalized spacial score (nSPS) is 29.7. The number of hydrogen-bond acceptors (Lipinski definition) is 7. The smallest absolute Gasteiger partial charge is 0.466 e. The van der Waals surface area contributed by atoms with Gasteiger partial charge in [-0.25, -0.2) is 18.1 Å². The highest BCUT2D eigenvalue weighted by atomic mass is 32.2. The van der Waals surface area contributed by atoms with Crippen LogP contribution in [0.5, 0.6) is 5.88 Å². The molecule has 2 unspecified atom stereocenters. The Morgan fingerprint density at radius 3 is 2.53 bits per heavy atom. The highest BCUT2D eigenvalue weighted by molar-refractivity contribution is 7.90. The van der Waals surface area contributed by atoms with Gasteiger partial charge in [0.2, 0.25) is 5.88 Å². The third-order valence-corrected chi connectivity index (χ3v) is 7.52. The number of fused-ring (bicyclic) bond motifs is 5. The van der Waals surface area contributed by atoms with E-state index in [1.54, 1.807) is 10.9 Å². The number of nitrogens with zero attached hydrogens (tertiary/aromatic N) is 3. The second-order valence-corrected chi connectivity index (χ2v) is 10.0. The van der Waals surface area contributed by atoms with Crippen molar-refractivity contribution in [3.05, 3.63) is 18.1 Å². The van der Waals surface area contributed by atoms with Crippen molar-refractivity contribution in [3.8, 4) is 5.88 Å². The van der Waals surface area contributed by atoms with Crippen LogP contribution in [0.25, 0.3) is 0 Å². The standard InChI is InChI=1S/C19H25F3N4O5S/c20-19(21,22)32(28,29)25-14-2-1-9-26-15(14)10-30-13-5-3-12(4-6-13)17-18(24-8-7-23-17)31-11-16(26)27/h7-8,12-15,25H,1-6,9-11H2. The van der Waals surface area contributed by atoms with E-state index in [1.165, 1.54) is 11.1 Å². The molecule has 1 saturated carbocycles. The summed E-state index contributed by atoms with van der Waals surface area (Å²) in [5.41, 5.74) is -4.75. The van der Waals surface area contributed by atoms with Crippen LogP contribution >= 0.6 is 0 Å². The van der Waals surface area contributed by atoms with Gasteiger partial charge in [0.15, 0.2) is 6.61 Å². The zero-order chi connectivity index (χ0) is 22.9. The molecule has 1 aromatic rings. The Labute approximate surface area is 183 Å². The van der Waals surface area contributed by atoms with Crippen molar-refractivity contribution >= 4 is 15.9 Å². The van der Waals surface area contributed by atoms with Gasteiger partial charge in [-0.15, -0.1) is 0 Å². The maximum Gasteiger partial charge on any atom is 0.511 e. The minimum atomic E-state index is -5.57. The molecular formula is C19H25F3N4O5S. The number of rotatable bonds is 2. The van der Waals surface area contributed by atoms with E-state index in [1.807, 2.05) is 0 Å². The van der Waals surface area contributed by atoms with E-state index < -0.39 is 33.5 Å². The average molecular weight is 478 g/mol. The molecule has 3 aliphatic heterocycles. The third-order valence-electron chi connectivity index (χ3n) is 6.30. The molecule has 32 heavy (non-hydrogen) atoms. The zero-order valence-corrected chi connectivity index (χ0v) is 18.1. The molecule has 178 valence electrons. The van der Waals surface area contributed by atoms with Crippen LogP contribution in [0.4, 0.5) is 13.2 Å². The maximum absolute atomic E-state index is 13.0. The van der Waals surface area contributed by atoms with E-state index in [-0.39, 0.29) is 44.1 Å². The summed E-state index contributed by atoms with van der Waals surface area (Å²) >= 11 is 0. The molecule has 1 aromatic heterocycles. The molecule has 2 atom stereocenters. The molecule has 5 rings (SSSR count). The fourth-order valence-corrected chi connectivity index (χ4v) is 5.46. The van der Waals surface area contributed by atoms with Gasteiger partial charge in [0, 0.05) is 30.9 Å². The van der Waals surface area contributed by atoms with E-state index in [9.17, 15) is 26.4 Å². The summed E-state index contributed by atoms with van der Waals surface area (Å²) in [5.74, 6) is -0.0895. The third kappa shape index (κ3) is 4.84. The number of sulfonamides is 1. The van der Waals surface area contributed by atoms with Gasteiger partial charge in [0.25, 0.3) is 5.91 Å². The average Bonchev–Trinajstić information content (AvgIpc) is 2.77. The van der Waals surface area contributed by atoms with Crippen LogP contribution in [0.2, 0.25) is 0 Å². The van der Waals surface area contributed by atoms with Gasteiger partial charge in [-0.3, -0.25) is 9.78 Å². The van der Waals surface area contributed by atoms with Gasteiger partial charge in [-0.2, -0.15) is 13.2 Å². The number of aromatic nitrogens is 2. The zero-order valence-electron chi connectivity index (χ0n) is 17.3. The number of alkyl halides is 3. The van der Waals surface area contributed by atoms with Gasteiger partial charge in [-0.1, -0.05) is 0 Å². The number of hydrogen-bond donors (Lipinski definition) is 1. The first-order chi connectivity index (χ1) is 15.2. The predicted octanol–water partition coefficient (Wildman–Crippen LogP) is 1.71. The summed E-state index contributed by atoms with van der Waals surface area (Å²) in [5, 5.41) is 0. The Kier molecular flexibility index (Phi) is 6.59. The molecule has 1 saturated heterocycles. The maximum atomic E-state index is 13.0. The lowest BCUT2D eigenvalue weighted by molar-refractivity contribution is -0.140. The Hall–Kier alpha value is -1.99. The van der Waals surface area contributed by atoms with E-state index >= 15 is 0 Å². The monoisotopic (exact) mass is 478 g/mol. The predicted molar refractivity (Wildman–Crippen MR) is 105 cm³/mol. The summed E-state index contributed by atoms with van der Waals surface area (Å²) in [6.45, 7) is -0.173. The van der Waals surface area contributed by atoms with Crippen LogP contribution in [-0.2, 0) is 19.6 Å². The number of carbonyl (C=O) groups is 1. The first-order valence-corrected chi connectivity index (χ1v) is 12.1. The highest BCUT2D eigenvalue weighted by Crippen LogP contribution is 2.37. The second kappa shape index (κ2) is 9.10. The lowest BCUT2D eigenvalue weighted by atomic mass is 9.85. The summed E-state index contributed by atoms with van der Waals surface area (Å²) in [4.78, 5) is 22.9. The molecular weight excluding hydrogens is 453 g/mol. The molecule has 1 N–H and O–H groups in total. The lowest BCUT2D eigenvalue weighted by Gasteiger charge is -2.42. The van der Waals surface area contributed by atoms with Gasteiger partial charge in [-0.05, 0) is 38.5 Å². The van der Waals surface area contributed by atoms with Crippen LogP contribution in [0.1, 0.15) is 50.1 Å². The first-order valence-electron chi connectivity index (χ1n) is 10.6. The van der Waals surface area contributed by atoms with E-state index in [0.29, 0.717) is 25.0 Å². The topological polar surface area (TPSA) is 111 Å². The molecule has 0 aromatic carbocycles. The molecule has 1 aliphatic carbocycles. The molecule has 4 aliphatic rings. The van der Waals surface area contributed by atoms with Crippen molar-refractivity contribution in [3.63, 3.8) is 0 Å². The summed E-state index contributed by atoms with van der Waals surface area (Å²) in [7, 11) is -5.57. The van der Waals surface area contributed by atoms with Crippen molar-refractivity contribution in [1.82, 2.24) is 19.6 Å². The van der Waals surface area contributed by atoms with Gasteiger partial charge in [0.1, 0.15) is 5.69 Å². The van der Waals surface area contributed by atoms with Crippen LogP contribution in [0, 0.1) is 0 Å². The van der Waals surface area contributed by atoms with E-state index in [2.05, 4.69) is 9.97 Å². The number of amides is 1. The van der Waals surface area contributed by atoms with Crippen LogP contribution < -0.4 is 9.46 Å². The molecule has 2 bridgehead atoms. The Morgan fingerprint density at radius 1 is 1.09 bits per heavy atom. The molecule has 0 radical (unpaired) electrons. The van der Waals surface area contributed by atoms with Crippen molar-refractivity contribution < 1.29 is 35.9 Å². The van der Waals surface area contributed by atoms with Crippen molar-refractivity contribution in [2.75, 3.05) is 19.8 Å². The quantitative estimate of drug-likeness (QED) is 0.689. The summed E-state index contributed by atoms with van der Waals surface area (Å²) in [6.07, 6.45) is 6.37. The van der Waals surface area contributed by atoms with E-state index in [0.717, 1.165) is 12.8 Å². The Bertz CT molecular complexity index is 937. The summed E-state index contributed by atoms with van der Waals surface area (Å²) < 4.78 is 75.8. The highest BCUT2D eigenvalue weighted by Gasteiger charge is 2.49. The van der Waals surface area contributed by atoms with Gasteiger partial charge < -0.3 is 14.4 Å². The van der Waals surface area contributed by atoms with Crippen molar-refractivity contribution in [1.29, 1.82) is 0 Å². The summed E-state index contributed by atoms with van der Waals surface area (Å²) in [6, 6.07) is -2.00. The van der Waals surface area contributed by atoms with Gasteiger partial charge in [0.05, 0.1) is 18.8 Å². The second-order valence-electron chi connectivity index (χ2n) is 8.31. The number of ether oxygens (including phenoxy) is 2. The largest absolute Gasteiger partial charge is 0.511 e. The minimum Gasteiger partial charge on any atom is -0.466 e. The molecule has 9 nitrogen and oxygen atoms in total. The number of nitrogens with one attached hydrogen (secondary N) is 1. The first kappa shape index (κ1) is 23.2. The van der Waals surface area contributed by atoms with Crippen LogP contribution in [-0.4, -0.2) is 72.6 Å². The fraction of sp³-hybridized carbons (Fsp3) is 0.737. The molecule has 1 amide bonds. The number of halogens is 3.